The molecule has 0 aromatic heterocycles. The van der Waals surface area contributed by atoms with Gasteiger partial charge in [0.15, 0.2) is 0 Å². The maximum Gasteiger partial charge on any atom is -0.00271 e. The third-order valence-electron chi connectivity index (χ3n) is 0.917. The van der Waals surface area contributed by atoms with Gasteiger partial charge in [-0.15, -0.1) is 11.8 Å². The van der Waals surface area contributed by atoms with E-state index in [9.17, 15) is 0 Å². The quantitative estimate of drug-likeness (QED) is 0.330. The first-order valence-electron chi connectivity index (χ1n) is 2.90. The second-order valence-electron chi connectivity index (χ2n) is 1.55. The van der Waals surface area contributed by atoms with E-state index in [0.29, 0.717) is 0 Å². The number of hydrogen-bond acceptors (Lipinski definition) is 0. The zero-order valence-electron chi connectivity index (χ0n) is 5.57. The molecule has 1 rings (SSSR count). The van der Waals surface area contributed by atoms with Crippen molar-refractivity contribution in [2.24, 2.45) is 0 Å². The van der Waals surface area contributed by atoms with Crippen molar-refractivity contribution in [1.29, 1.82) is 0 Å². The Balaban J connectivity index is 0.000000122. The molecule has 0 saturated heterocycles. The highest BCUT2D eigenvalue weighted by Crippen LogP contribution is 2.01. The van der Waals surface area contributed by atoms with Crippen molar-refractivity contribution in [2.45, 2.75) is 26.7 Å². The molecule has 0 amide bonds. The molecule has 44 valence electrons. The third-order valence-corrected chi connectivity index (χ3v) is 0.917. The fourth-order valence-electron chi connectivity index (χ4n) is 0.167. The molecule has 0 radical (unpaired) electrons. The van der Waals surface area contributed by atoms with E-state index >= 15 is 0 Å². The molecule has 0 atom stereocenters. The monoisotopic (exact) mass is 108 g/mol. The average Bonchev–Trinajstić information content (AvgIpc) is 1.61. The third kappa shape index (κ3) is 5.30. The lowest BCUT2D eigenvalue weighted by Crippen LogP contribution is -1.71. The fourth-order valence-corrected chi connectivity index (χ4v) is 0.167. The van der Waals surface area contributed by atoms with Crippen LogP contribution >= 0.6 is 0 Å². The van der Waals surface area contributed by atoms with Gasteiger partial charge in [0.2, 0.25) is 0 Å². The lowest BCUT2D eigenvalue weighted by molar-refractivity contribution is 0.962. The van der Waals surface area contributed by atoms with Gasteiger partial charge < -0.3 is 0 Å². The van der Waals surface area contributed by atoms with Gasteiger partial charge in [-0.3, -0.25) is 0 Å². The Bertz CT molecular complexity index is 97.7. The zero-order chi connectivity index (χ0) is 6.24. The summed E-state index contributed by atoms with van der Waals surface area (Å²) < 4.78 is 0. The Hall–Kier alpha value is -0.700. The highest BCUT2D eigenvalue weighted by molar-refractivity contribution is 4.93. The maximum absolute atomic E-state index is 2.68. The van der Waals surface area contributed by atoms with E-state index in [1.54, 1.807) is 0 Å². The van der Waals surface area contributed by atoms with Crippen LogP contribution in [0.4, 0.5) is 0 Å². The summed E-state index contributed by atoms with van der Waals surface area (Å²) in [6.45, 7) is 3.64. The second-order valence-corrected chi connectivity index (χ2v) is 1.55. The SMILES string of the molecule is C1=CCC1.CC#CC. The zero-order valence-corrected chi connectivity index (χ0v) is 5.57. The predicted molar refractivity (Wildman–Crippen MR) is 37.5 cm³/mol. The molecule has 8 heavy (non-hydrogen) atoms. The van der Waals surface area contributed by atoms with E-state index in [1.807, 2.05) is 13.8 Å². The van der Waals surface area contributed by atoms with Crippen molar-refractivity contribution in [3.8, 4) is 11.8 Å². The van der Waals surface area contributed by atoms with Crippen LogP contribution in [-0.4, -0.2) is 0 Å². The number of rotatable bonds is 0. The van der Waals surface area contributed by atoms with Crippen molar-refractivity contribution in [3.05, 3.63) is 12.2 Å². The summed E-state index contributed by atoms with van der Waals surface area (Å²) in [4.78, 5) is 0. The molecule has 1 aliphatic carbocycles. The highest BCUT2D eigenvalue weighted by Gasteiger charge is 1.81. The minimum absolute atomic E-state index is 1.32. The normalized spacial score (nSPS) is 11.8. The van der Waals surface area contributed by atoms with Gasteiger partial charge in [-0.25, -0.2) is 0 Å². The van der Waals surface area contributed by atoms with E-state index in [2.05, 4.69) is 24.0 Å². The smallest absolute Gasteiger partial charge is 0.00271 e. The van der Waals surface area contributed by atoms with Crippen molar-refractivity contribution in [3.63, 3.8) is 0 Å². The first-order chi connectivity index (χ1) is 3.91. The molecule has 0 aliphatic heterocycles. The Morgan fingerprint density at radius 1 is 1.00 bits per heavy atom. The van der Waals surface area contributed by atoms with E-state index in [0.717, 1.165) is 0 Å². The van der Waals surface area contributed by atoms with Crippen LogP contribution in [-0.2, 0) is 0 Å². The average molecular weight is 108 g/mol. The van der Waals surface area contributed by atoms with Gasteiger partial charge in [-0.1, -0.05) is 12.2 Å². The lowest BCUT2D eigenvalue weighted by Gasteiger charge is -1.92. The minimum atomic E-state index is 1.32. The molecule has 0 heteroatoms. The molecule has 0 aromatic carbocycles. The van der Waals surface area contributed by atoms with E-state index in [1.165, 1.54) is 12.8 Å². The first-order valence-corrected chi connectivity index (χ1v) is 2.90. The molecule has 0 N–H and O–H groups in total. The molecule has 0 nitrogen and oxygen atoms in total. The van der Waals surface area contributed by atoms with Crippen molar-refractivity contribution in [2.75, 3.05) is 0 Å². The summed E-state index contributed by atoms with van der Waals surface area (Å²) in [7, 11) is 0. The van der Waals surface area contributed by atoms with Crippen molar-refractivity contribution >= 4 is 0 Å². The van der Waals surface area contributed by atoms with Gasteiger partial charge in [-0.2, -0.15) is 0 Å². The van der Waals surface area contributed by atoms with Crippen LogP contribution in [0.15, 0.2) is 12.2 Å². The van der Waals surface area contributed by atoms with Crippen molar-refractivity contribution < 1.29 is 0 Å². The Labute approximate surface area is 51.6 Å². The summed E-state index contributed by atoms with van der Waals surface area (Å²) in [6, 6.07) is 0. The molecule has 0 fully saturated rings. The summed E-state index contributed by atoms with van der Waals surface area (Å²) in [5.41, 5.74) is 0. The largest absolute Gasteiger partial charge is 0.107 e. The molecular weight excluding hydrogens is 96.1 g/mol. The van der Waals surface area contributed by atoms with Crippen LogP contribution in [0.2, 0.25) is 0 Å². The van der Waals surface area contributed by atoms with Crippen LogP contribution < -0.4 is 0 Å². The van der Waals surface area contributed by atoms with Gasteiger partial charge in [-0.05, 0) is 26.7 Å². The standard InChI is InChI=1S/2C4H6/c1-2-4-3-1;1-3-4-2/h1-2H,3-4H2;1-2H3. The van der Waals surface area contributed by atoms with Gasteiger partial charge in [0, 0.05) is 0 Å². The molecule has 0 heterocycles. The van der Waals surface area contributed by atoms with E-state index in [4.69, 9.17) is 0 Å². The first kappa shape index (κ1) is 7.30. The van der Waals surface area contributed by atoms with Gasteiger partial charge in [0.1, 0.15) is 0 Å². The van der Waals surface area contributed by atoms with Crippen LogP contribution in [0.5, 0.6) is 0 Å². The lowest BCUT2D eigenvalue weighted by atomic mass is 10.1. The number of allylic oxidation sites excluding steroid dienone is 2. The Kier molecular flexibility index (Phi) is 5.75. The predicted octanol–water partition coefficient (Wildman–Crippen LogP) is 2.37. The maximum atomic E-state index is 2.68. The van der Waals surface area contributed by atoms with Crippen LogP contribution in [0, 0.1) is 11.8 Å². The van der Waals surface area contributed by atoms with Gasteiger partial charge >= 0.3 is 0 Å². The second kappa shape index (κ2) is 6.30. The fraction of sp³-hybridized carbons (Fsp3) is 0.500. The highest BCUT2D eigenvalue weighted by atomic mass is 13.9. The van der Waals surface area contributed by atoms with Gasteiger partial charge in [0.25, 0.3) is 0 Å². The van der Waals surface area contributed by atoms with E-state index < -0.39 is 0 Å². The Morgan fingerprint density at radius 2 is 1.25 bits per heavy atom. The molecule has 0 unspecified atom stereocenters. The van der Waals surface area contributed by atoms with E-state index in [-0.39, 0.29) is 0 Å². The van der Waals surface area contributed by atoms with Crippen LogP contribution in [0.25, 0.3) is 0 Å². The molecule has 0 bridgehead atoms. The summed E-state index contributed by atoms with van der Waals surface area (Å²) in [5.74, 6) is 5.36. The molecule has 1 aliphatic rings. The molecule has 0 spiro atoms. The molecule has 0 aromatic rings. The summed E-state index contributed by atoms with van der Waals surface area (Å²) in [6.07, 6.45) is 7.00. The van der Waals surface area contributed by atoms with Crippen LogP contribution in [0.3, 0.4) is 0 Å². The number of hydrogen-bond donors (Lipinski definition) is 0. The summed E-state index contributed by atoms with van der Waals surface area (Å²) in [5, 5.41) is 0. The molecule has 0 saturated carbocycles. The van der Waals surface area contributed by atoms with Gasteiger partial charge in [0.05, 0.1) is 0 Å². The minimum Gasteiger partial charge on any atom is -0.107 e. The molecular formula is C8H12. The summed E-state index contributed by atoms with van der Waals surface area (Å²) >= 11 is 0. The van der Waals surface area contributed by atoms with Crippen LogP contribution in [0.1, 0.15) is 26.7 Å². The Morgan fingerprint density at radius 3 is 1.25 bits per heavy atom. The topological polar surface area (TPSA) is 0 Å². The van der Waals surface area contributed by atoms with Crippen molar-refractivity contribution in [1.82, 2.24) is 0 Å².